The molecule has 1 N–H and O–H groups in total. The van der Waals surface area contributed by atoms with Crippen LogP contribution in [0, 0.1) is 0 Å². The third-order valence-electron chi connectivity index (χ3n) is 4.27. The predicted octanol–water partition coefficient (Wildman–Crippen LogP) is 4.55. The number of carbonyl (C=O) groups is 2. The highest BCUT2D eigenvalue weighted by Crippen LogP contribution is 2.39. The summed E-state index contributed by atoms with van der Waals surface area (Å²) in [6.45, 7) is -0.0874. The van der Waals surface area contributed by atoms with Gasteiger partial charge in [0.1, 0.15) is 11.6 Å². The number of amides is 2. The van der Waals surface area contributed by atoms with Crippen molar-refractivity contribution in [3.63, 3.8) is 0 Å². The molecular formula is C21H17N3O2S2. The van der Waals surface area contributed by atoms with Gasteiger partial charge >= 0.3 is 0 Å². The van der Waals surface area contributed by atoms with Crippen molar-refractivity contribution in [1.82, 2.24) is 4.98 Å². The molecule has 3 aromatic rings. The lowest BCUT2D eigenvalue weighted by atomic mass is 10.2. The normalized spacial score (nSPS) is 12.8. The zero-order valence-electron chi connectivity index (χ0n) is 15.1. The Morgan fingerprint density at radius 3 is 2.86 bits per heavy atom. The zero-order chi connectivity index (χ0) is 19.5. The standard InChI is InChI=1S/C21H17N3O2S2/c1-27-15-7-4-6-14(12-15)23-19(25)13-24-17-9-5-11-22-20(17)28-18-10-3-2-8-16(18)21(24)26/h2-12H,13H2,1H3,(H,23,25). The molecule has 7 heteroatoms. The van der Waals surface area contributed by atoms with Crippen molar-refractivity contribution in [3.05, 3.63) is 72.4 Å². The molecule has 1 aromatic heterocycles. The van der Waals surface area contributed by atoms with Crippen LogP contribution in [0.15, 0.2) is 81.7 Å². The number of hydrogen-bond donors (Lipinski definition) is 1. The van der Waals surface area contributed by atoms with Crippen LogP contribution in [0.3, 0.4) is 0 Å². The van der Waals surface area contributed by atoms with Gasteiger partial charge in [0.15, 0.2) is 0 Å². The minimum absolute atomic E-state index is 0.0874. The van der Waals surface area contributed by atoms with Crippen LogP contribution in [0.4, 0.5) is 11.4 Å². The van der Waals surface area contributed by atoms with Gasteiger partial charge in [-0.15, -0.1) is 11.8 Å². The molecule has 1 aliphatic rings. The number of pyridine rings is 1. The van der Waals surface area contributed by atoms with E-state index >= 15 is 0 Å². The molecule has 0 fully saturated rings. The van der Waals surface area contributed by atoms with Gasteiger partial charge in [-0.3, -0.25) is 14.5 Å². The van der Waals surface area contributed by atoms with E-state index in [2.05, 4.69) is 10.3 Å². The van der Waals surface area contributed by atoms with Crippen LogP contribution in [0.1, 0.15) is 10.4 Å². The Bertz CT molecular complexity index is 1060. The van der Waals surface area contributed by atoms with Crippen LogP contribution in [0.2, 0.25) is 0 Å². The van der Waals surface area contributed by atoms with Crippen molar-refractivity contribution in [2.75, 3.05) is 23.0 Å². The number of benzene rings is 2. The summed E-state index contributed by atoms with van der Waals surface area (Å²) in [4.78, 5) is 33.7. The van der Waals surface area contributed by atoms with Crippen LogP contribution in [0.25, 0.3) is 0 Å². The summed E-state index contributed by atoms with van der Waals surface area (Å²) in [7, 11) is 0. The van der Waals surface area contributed by atoms with Gasteiger partial charge in [0.25, 0.3) is 5.91 Å². The van der Waals surface area contributed by atoms with E-state index in [0.29, 0.717) is 22.0 Å². The molecule has 0 atom stereocenters. The van der Waals surface area contributed by atoms with Crippen LogP contribution in [0.5, 0.6) is 0 Å². The highest BCUT2D eigenvalue weighted by Gasteiger charge is 2.29. The highest BCUT2D eigenvalue weighted by molar-refractivity contribution is 7.99. The van der Waals surface area contributed by atoms with Gasteiger partial charge in [0.05, 0.1) is 11.3 Å². The fraction of sp³-hybridized carbons (Fsp3) is 0.0952. The lowest BCUT2D eigenvalue weighted by Gasteiger charge is -2.22. The summed E-state index contributed by atoms with van der Waals surface area (Å²) in [6.07, 6.45) is 3.67. The van der Waals surface area contributed by atoms with Gasteiger partial charge in [-0.25, -0.2) is 4.98 Å². The fourth-order valence-electron chi connectivity index (χ4n) is 2.96. The van der Waals surface area contributed by atoms with E-state index in [1.54, 1.807) is 30.1 Å². The number of fused-ring (bicyclic) bond motifs is 2. The molecule has 0 spiro atoms. The van der Waals surface area contributed by atoms with E-state index < -0.39 is 0 Å². The maximum atomic E-state index is 13.2. The molecule has 0 bridgehead atoms. The maximum absolute atomic E-state index is 13.2. The molecule has 0 radical (unpaired) electrons. The van der Waals surface area contributed by atoms with E-state index in [1.165, 1.54) is 16.7 Å². The number of aromatic nitrogens is 1. The summed E-state index contributed by atoms with van der Waals surface area (Å²) >= 11 is 3.04. The second-order valence-electron chi connectivity index (χ2n) is 6.10. The molecule has 140 valence electrons. The molecule has 0 saturated carbocycles. The third-order valence-corrected chi connectivity index (χ3v) is 6.08. The van der Waals surface area contributed by atoms with Gasteiger partial charge in [0, 0.05) is 21.7 Å². The van der Waals surface area contributed by atoms with Gasteiger partial charge in [-0.05, 0) is 48.7 Å². The number of rotatable bonds is 4. The van der Waals surface area contributed by atoms with Crippen molar-refractivity contribution < 1.29 is 9.59 Å². The fourth-order valence-corrected chi connectivity index (χ4v) is 4.44. The monoisotopic (exact) mass is 407 g/mol. The maximum Gasteiger partial charge on any atom is 0.259 e. The first-order valence-corrected chi connectivity index (χ1v) is 10.7. The minimum atomic E-state index is -0.259. The number of hydrogen-bond acceptors (Lipinski definition) is 5. The Morgan fingerprint density at radius 1 is 1.14 bits per heavy atom. The summed E-state index contributed by atoms with van der Waals surface area (Å²) in [5.41, 5.74) is 1.92. The van der Waals surface area contributed by atoms with Gasteiger partial charge in [0.2, 0.25) is 5.91 Å². The molecule has 2 amide bonds. The Hall–Kier alpha value is -2.77. The number of nitrogens with zero attached hydrogens (tertiary/aromatic N) is 2. The first-order chi connectivity index (χ1) is 13.7. The zero-order valence-corrected chi connectivity index (χ0v) is 16.7. The summed E-state index contributed by atoms with van der Waals surface area (Å²) in [6, 6.07) is 18.6. The minimum Gasteiger partial charge on any atom is -0.324 e. The molecule has 1 aliphatic heterocycles. The van der Waals surface area contributed by atoms with Crippen molar-refractivity contribution in [3.8, 4) is 0 Å². The van der Waals surface area contributed by atoms with Crippen LogP contribution >= 0.6 is 23.5 Å². The van der Waals surface area contributed by atoms with E-state index in [9.17, 15) is 9.59 Å². The van der Waals surface area contributed by atoms with Crippen LogP contribution in [-0.4, -0.2) is 29.6 Å². The molecule has 2 aromatic carbocycles. The average molecular weight is 408 g/mol. The second-order valence-corrected chi connectivity index (χ2v) is 8.01. The summed E-state index contributed by atoms with van der Waals surface area (Å²) in [5.74, 6) is -0.464. The van der Waals surface area contributed by atoms with E-state index in [0.717, 1.165) is 9.79 Å². The lowest BCUT2D eigenvalue weighted by molar-refractivity contribution is -0.114. The third kappa shape index (κ3) is 3.76. The van der Waals surface area contributed by atoms with Crippen LogP contribution in [-0.2, 0) is 4.79 Å². The van der Waals surface area contributed by atoms with Crippen molar-refractivity contribution >= 4 is 46.7 Å². The molecule has 0 unspecified atom stereocenters. The Balaban J connectivity index is 1.64. The van der Waals surface area contributed by atoms with E-state index in [-0.39, 0.29) is 18.4 Å². The largest absolute Gasteiger partial charge is 0.324 e. The van der Waals surface area contributed by atoms with Crippen molar-refractivity contribution in [2.45, 2.75) is 14.8 Å². The topological polar surface area (TPSA) is 62.3 Å². The number of thioether (sulfide) groups is 1. The quantitative estimate of drug-likeness (QED) is 0.643. The summed E-state index contributed by atoms with van der Waals surface area (Å²) in [5, 5.41) is 3.59. The average Bonchev–Trinajstić information content (AvgIpc) is 2.83. The number of carbonyl (C=O) groups excluding carboxylic acids is 2. The van der Waals surface area contributed by atoms with Gasteiger partial charge < -0.3 is 5.32 Å². The molecule has 28 heavy (non-hydrogen) atoms. The molecular weight excluding hydrogens is 390 g/mol. The Kier molecular flexibility index (Phi) is 5.36. The molecule has 5 nitrogen and oxygen atoms in total. The number of anilines is 2. The first-order valence-electron chi connectivity index (χ1n) is 8.63. The Labute approximate surface area is 171 Å². The SMILES string of the molecule is CSc1cccc(NC(=O)CN2C(=O)c3ccccc3Sc3ncccc32)c1. The van der Waals surface area contributed by atoms with E-state index in [4.69, 9.17) is 0 Å². The van der Waals surface area contributed by atoms with Crippen molar-refractivity contribution in [2.24, 2.45) is 0 Å². The molecule has 0 saturated heterocycles. The second kappa shape index (κ2) is 8.08. The number of nitrogens with one attached hydrogen (secondary N) is 1. The van der Waals surface area contributed by atoms with Gasteiger partial charge in [-0.1, -0.05) is 30.0 Å². The smallest absolute Gasteiger partial charge is 0.259 e. The highest BCUT2D eigenvalue weighted by atomic mass is 32.2. The summed E-state index contributed by atoms with van der Waals surface area (Å²) < 4.78 is 0. The Morgan fingerprint density at radius 2 is 2.00 bits per heavy atom. The molecule has 4 rings (SSSR count). The van der Waals surface area contributed by atoms with E-state index in [1.807, 2.05) is 54.8 Å². The first kappa shape index (κ1) is 18.6. The molecule has 0 aliphatic carbocycles. The van der Waals surface area contributed by atoms with Crippen molar-refractivity contribution in [1.29, 1.82) is 0 Å². The van der Waals surface area contributed by atoms with Gasteiger partial charge in [-0.2, -0.15) is 0 Å². The predicted molar refractivity (Wildman–Crippen MR) is 113 cm³/mol. The van der Waals surface area contributed by atoms with Crippen LogP contribution < -0.4 is 10.2 Å². The molecule has 2 heterocycles. The lowest BCUT2D eigenvalue weighted by Crippen LogP contribution is -2.38.